The van der Waals surface area contributed by atoms with Crippen molar-refractivity contribution in [2.24, 2.45) is 7.05 Å². The van der Waals surface area contributed by atoms with E-state index in [1.807, 2.05) is 24.3 Å². The second-order valence-corrected chi connectivity index (χ2v) is 10.4. The number of piperidine rings is 1. The molecule has 1 aliphatic heterocycles. The number of fused-ring (bicyclic) bond motifs is 1. The van der Waals surface area contributed by atoms with Gasteiger partial charge in [0.1, 0.15) is 24.2 Å². The standard InChI is InChI=1S/C27H32N4O2S.ClH/c1-30-23-10-15-34-26(23)17-24(30)27-29-18-25(19-4-2-5-19)31(27)13-14-32-21-6-3-7-22(16-21)33-20-8-11-28-12-9-20;/h3,6-7,10,15-20,28H,2,4-5,8-9,11-14H2,1H3;1H. The lowest BCUT2D eigenvalue weighted by Crippen LogP contribution is -2.34. The number of hydrogen-bond acceptors (Lipinski definition) is 5. The molecular weight excluding hydrogens is 480 g/mol. The second-order valence-electron chi connectivity index (χ2n) is 9.44. The van der Waals surface area contributed by atoms with Crippen molar-refractivity contribution in [2.75, 3.05) is 19.7 Å². The van der Waals surface area contributed by atoms with Gasteiger partial charge in [0.15, 0.2) is 5.82 Å². The zero-order valence-electron chi connectivity index (χ0n) is 20.1. The van der Waals surface area contributed by atoms with Crippen LogP contribution in [0.1, 0.15) is 43.7 Å². The summed E-state index contributed by atoms with van der Waals surface area (Å²) >= 11 is 1.78. The largest absolute Gasteiger partial charge is 0.492 e. The minimum absolute atomic E-state index is 0. The van der Waals surface area contributed by atoms with Crippen LogP contribution in [0.15, 0.2) is 48.0 Å². The van der Waals surface area contributed by atoms with Crippen molar-refractivity contribution in [1.82, 2.24) is 19.4 Å². The minimum atomic E-state index is 0. The van der Waals surface area contributed by atoms with Gasteiger partial charge >= 0.3 is 0 Å². The highest BCUT2D eigenvalue weighted by Crippen LogP contribution is 2.39. The summed E-state index contributed by atoms with van der Waals surface area (Å²) in [7, 11) is 2.14. The van der Waals surface area contributed by atoms with E-state index in [0.717, 1.165) is 49.8 Å². The van der Waals surface area contributed by atoms with Gasteiger partial charge in [-0.3, -0.25) is 0 Å². The summed E-state index contributed by atoms with van der Waals surface area (Å²) < 4.78 is 18.4. The van der Waals surface area contributed by atoms with Gasteiger partial charge < -0.3 is 23.9 Å². The average Bonchev–Trinajstić information content (AvgIpc) is 3.51. The van der Waals surface area contributed by atoms with E-state index in [2.05, 4.69) is 45.2 Å². The zero-order valence-corrected chi connectivity index (χ0v) is 21.7. The van der Waals surface area contributed by atoms with E-state index in [4.69, 9.17) is 14.5 Å². The maximum atomic E-state index is 6.21. The van der Waals surface area contributed by atoms with Crippen LogP contribution in [0.5, 0.6) is 11.5 Å². The number of imidazole rings is 1. The lowest BCUT2D eigenvalue weighted by Gasteiger charge is -2.27. The molecule has 8 heteroatoms. The maximum absolute atomic E-state index is 6.21. The normalized spacial score (nSPS) is 16.7. The lowest BCUT2D eigenvalue weighted by molar-refractivity contribution is 0.161. The van der Waals surface area contributed by atoms with Gasteiger partial charge in [-0.25, -0.2) is 4.98 Å². The van der Waals surface area contributed by atoms with Gasteiger partial charge in [0.05, 0.1) is 22.5 Å². The smallest absolute Gasteiger partial charge is 0.157 e. The maximum Gasteiger partial charge on any atom is 0.157 e. The fourth-order valence-corrected chi connectivity index (χ4v) is 5.97. The van der Waals surface area contributed by atoms with Crippen LogP contribution in [-0.2, 0) is 13.6 Å². The minimum Gasteiger partial charge on any atom is -0.492 e. The molecule has 2 fully saturated rings. The number of nitrogens with zero attached hydrogens (tertiary/aromatic N) is 3. The fourth-order valence-electron chi connectivity index (χ4n) is 5.12. The van der Waals surface area contributed by atoms with Crippen LogP contribution >= 0.6 is 23.7 Å². The fraction of sp³-hybridized carbons (Fsp3) is 0.444. The van der Waals surface area contributed by atoms with Crippen molar-refractivity contribution in [3.05, 3.63) is 53.7 Å². The van der Waals surface area contributed by atoms with Gasteiger partial charge in [-0.05, 0) is 68.4 Å². The first-order valence-corrected chi connectivity index (χ1v) is 13.3. The van der Waals surface area contributed by atoms with E-state index in [1.54, 1.807) is 11.3 Å². The highest BCUT2D eigenvalue weighted by molar-refractivity contribution is 7.17. The molecule has 0 bridgehead atoms. The number of thiophene rings is 1. The molecule has 35 heavy (non-hydrogen) atoms. The zero-order chi connectivity index (χ0) is 22.9. The van der Waals surface area contributed by atoms with Crippen molar-refractivity contribution < 1.29 is 9.47 Å². The third-order valence-electron chi connectivity index (χ3n) is 7.28. The third-order valence-corrected chi connectivity index (χ3v) is 8.13. The summed E-state index contributed by atoms with van der Waals surface area (Å²) in [5, 5.41) is 5.54. The van der Waals surface area contributed by atoms with Crippen molar-refractivity contribution in [1.29, 1.82) is 0 Å². The Balaban J connectivity index is 0.00000253. The summed E-state index contributed by atoms with van der Waals surface area (Å²) in [5.41, 5.74) is 3.78. The van der Waals surface area contributed by atoms with Crippen LogP contribution < -0.4 is 14.8 Å². The van der Waals surface area contributed by atoms with E-state index >= 15 is 0 Å². The first-order valence-electron chi connectivity index (χ1n) is 12.5. The van der Waals surface area contributed by atoms with E-state index in [9.17, 15) is 0 Å². The molecular formula is C27H33ClN4O2S. The Morgan fingerprint density at radius 1 is 1.09 bits per heavy atom. The summed E-state index contributed by atoms with van der Waals surface area (Å²) in [6.45, 7) is 3.42. The molecule has 4 heterocycles. The van der Waals surface area contributed by atoms with Gasteiger partial charge in [0.25, 0.3) is 0 Å². The highest BCUT2D eigenvalue weighted by Gasteiger charge is 2.26. The topological polar surface area (TPSA) is 53.2 Å². The van der Waals surface area contributed by atoms with E-state index in [-0.39, 0.29) is 18.5 Å². The van der Waals surface area contributed by atoms with Crippen LogP contribution in [-0.4, -0.2) is 39.9 Å². The van der Waals surface area contributed by atoms with Crippen molar-refractivity contribution >= 4 is 34.0 Å². The molecule has 6 nitrogen and oxygen atoms in total. The molecule has 0 atom stereocenters. The highest BCUT2D eigenvalue weighted by atomic mass is 35.5. The number of aryl methyl sites for hydroxylation is 1. The molecule has 4 aromatic rings. The van der Waals surface area contributed by atoms with Crippen LogP contribution in [0.25, 0.3) is 21.7 Å². The van der Waals surface area contributed by atoms with Gasteiger partial charge in [0.2, 0.25) is 0 Å². The third kappa shape index (κ3) is 4.95. The number of ether oxygens (including phenoxy) is 2. The molecule has 6 rings (SSSR count). The van der Waals surface area contributed by atoms with E-state index in [0.29, 0.717) is 12.5 Å². The van der Waals surface area contributed by atoms with E-state index < -0.39 is 0 Å². The van der Waals surface area contributed by atoms with Crippen molar-refractivity contribution in [3.63, 3.8) is 0 Å². The average molecular weight is 513 g/mol. The molecule has 0 amide bonds. The molecule has 0 unspecified atom stereocenters. The molecule has 1 N–H and O–H groups in total. The van der Waals surface area contributed by atoms with Gasteiger partial charge in [-0.15, -0.1) is 23.7 Å². The molecule has 1 aliphatic carbocycles. The summed E-state index contributed by atoms with van der Waals surface area (Å²) in [6, 6.07) is 12.5. The molecule has 0 radical (unpaired) electrons. The molecule has 2 aliphatic rings. The van der Waals surface area contributed by atoms with Gasteiger partial charge in [0, 0.05) is 30.9 Å². The van der Waals surface area contributed by atoms with Crippen LogP contribution in [0.2, 0.25) is 0 Å². The van der Waals surface area contributed by atoms with Gasteiger partial charge in [-0.2, -0.15) is 0 Å². The molecule has 1 aromatic carbocycles. The SMILES string of the molecule is Cl.Cn1c(-c2ncc(C3CCC3)n2CCOc2cccc(OC3CCNCC3)c2)cc2sccc21. The molecule has 1 saturated heterocycles. The number of aromatic nitrogens is 3. The number of nitrogens with one attached hydrogen (secondary N) is 1. The molecule has 186 valence electrons. The second kappa shape index (κ2) is 10.6. The van der Waals surface area contributed by atoms with Crippen molar-refractivity contribution in [2.45, 2.75) is 50.7 Å². The first kappa shape index (κ1) is 24.2. The molecule has 1 saturated carbocycles. The molecule has 3 aromatic heterocycles. The Morgan fingerprint density at radius 2 is 1.91 bits per heavy atom. The molecule has 0 spiro atoms. The summed E-state index contributed by atoms with van der Waals surface area (Å²) in [5.74, 6) is 3.41. The van der Waals surface area contributed by atoms with E-state index in [1.165, 1.54) is 40.9 Å². The summed E-state index contributed by atoms with van der Waals surface area (Å²) in [6.07, 6.45) is 8.30. The Labute approximate surface area is 216 Å². The Hall–Kier alpha value is -2.48. The summed E-state index contributed by atoms with van der Waals surface area (Å²) in [4.78, 5) is 4.90. The number of halogens is 1. The Morgan fingerprint density at radius 3 is 2.69 bits per heavy atom. The van der Waals surface area contributed by atoms with Gasteiger partial charge in [-0.1, -0.05) is 12.5 Å². The predicted octanol–water partition coefficient (Wildman–Crippen LogP) is 6.00. The van der Waals surface area contributed by atoms with Crippen LogP contribution in [0.4, 0.5) is 0 Å². The number of benzene rings is 1. The Kier molecular flexibility index (Phi) is 7.37. The van der Waals surface area contributed by atoms with Crippen LogP contribution in [0, 0.1) is 0 Å². The number of hydrogen-bond donors (Lipinski definition) is 1. The number of rotatable bonds is 8. The predicted molar refractivity (Wildman–Crippen MR) is 144 cm³/mol. The lowest BCUT2D eigenvalue weighted by atomic mass is 9.83. The van der Waals surface area contributed by atoms with Crippen molar-refractivity contribution in [3.8, 4) is 23.0 Å². The monoisotopic (exact) mass is 512 g/mol. The quantitative estimate of drug-likeness (QED) is 0.314. The first-order chi connectivity index (χ1) is 16.8. The van der Waals surface area contributed by atoms with Crippen LogP contribution in [0.3, 0.4) is 0 Å². The Bertz CT molecular complexity index is 1270.